The normalized spacial score (nSPS) is 10.2. The number of phenols is 1. The number of unbranched alkanes of at least 4 members (excludes halogenated alkanes) is 1. The van der Waals surface area contributed by atoms with Crippen LogP contribution >= 0.6 is 0 Å². The second kappa shape index (κ2) is 6.23. The average Bonchev–Trinajstić information content (AvgIpc) is 2.30. The molecule has 0 heterocycles. The van der Waals surface area contributed by atoms with E-state index in [2.05, 4.69) is 0 Å². The van der Waals surface area contributed by atoms with Crippen molar-refractivity contribution in [2.24, 2.45) is 0 Å². The lowest BCUT2D eigenvalue weighted by molar-refractivity contribution is 0.284. The van der Waals surface area contributed by atoms with Crippen LogP contribution in [0.3, 0.4) is 0 Å². The predicted molar refractivity (Wildman–Crippen MR) is 61.2 cm³/mol. The number of phenolic OH excluding ortho intramolecular Hbond substituents is 1. The lowest BCUT2D eigenvalue weighted by atomic mass is 10.1. The summed E-state index contributed by atoms with van der Waals surface area (Å²) in [5.41, 5.74) is 0.927. The molecule has 1 rings (SSSR count). The lowest BCUT2D eigenvalue weighted by Crippen LogP contribution is -1.98. The number of methoxy groups -OCH3 is 2. The molecular weight excluding hydrogens is 208 g/mol. The lowest BCUT2D eigenvalue weighted by Gasteiger charge is -2.13. The van der Waals surface area contributed by atoms with E-state index in [0.717, 1.165) is 24.8 Å². The molecule has 0 saturated carbocycles. The van der Waals surface area contributed by atoms with E-state index >= 15 is 0 Å². The fraction of sp³-hybridized carbons (Fsp3) is 0.500. The Bertz CT molecular complexity index is 311. The number of aliphatic hydroxyl groups is 1. The molecule has 0 bridgehead atoms. The van der Waals surface area contributed by atoms with E-state index in [4.69, 9.17) is 14.6 Å². The Kier molecular flexibility index (Phi) is 4.92. The van der Waals surface area contributed by atoms with Gasteiger partial charge in [0.25, 0.3) is 0 Å². The number of ether oxygens (including phenoxy) is 2. The van der Waals surface area contributed by atoms with E-state index in [-0.39, 0.29) is 12.4 Å². The van der Waals surface area contributed by atoms with Crippen LogP contribution in [0.4, 0.5) is 0 Å². The van der Waals surface area contributed by atoms with Crippen LogP contribution in [0.25, 0.3) is 0 Å². The first-order valence-electron chi connectivity index (χ1n) is 5.27. The van der Waals surface area contributed by atoms with Gasteiger partial charge in [-0.2, -0.15) is 0 Å². The first-order valence-corrected chi connectivity index (χ1v) is 5.27. The number of aromatic hydroxyl groups is 1. The van der Waals surface area contributed by atoms with Crippen molar-refractivity contribution in [3.63, 3.8) is 0 Å². The van der Waals surface area contributed by atoms with Gasteiger partial charge in [-0.05, 0) is 19.3 Å². The van der Waals surface area contributed by atoms with Gasteiger partial charge in [0, 0.05) is 24.3 Å². The summed E-state index contributed by atoms with van der Waals surface area (Å²) < 4.78 is 10.4. The molecule has 0 saturated heterocycles. The maximum Gasteiger partial charge on any atom is 0.129 e. The highest BCUT2D eigenvalue weighted by molar-refractivity contribution is 5.50. The summed E-state index contributed by atoms with van der Waals surface area (Å²) in [6.07, 6.45) is 2.36. The molecule has 0 aliphatic heterocycles. The molecule has 0 spiro atoms. The highest BCUT2D eigenvalue weighted by Gasteiger charge is 2.11. The molecule has 0 amide bonds. The Morgan fingerprint density at radius 3 is 2.06 bits per heavy atom. The van der Waals surface area contributed by atoms with Gasteiger partial charge >= 0.3 is 0 Å². The van der Waals surface area contributed by atoms with Crippen molar-refractivity contribution >= 4 is 0 Å². The molecule has 4 nitrogen and oxygen atoms in total. The molecule has 1 aromatic rings. The van der Waals surface area contributed by atoms with Crippen LogP contribution in [0.15, 0.2) is 12.1 Å². The standard InChI is InChI=1S/C12H18O4/c1-15-11-7-9(14)8-12(16-2)10(11)5-3-4-6-13/h7-8,13-14H,3-6H2,1-2H3. The predicted octanol–water partition coefficient (Wildman–Crippen LogP) is 1.72. The number of benzene rings is 1. The van der Waals surface area contributed by atoms with Crippen LogP contribution in [0, 0.1) is 0 Å². The zero-order valence-corrected chi connectivity index (χ0v) is 9.69. The van der Waals surface area contributed by atoms with Gasteiger partial charge in [-0.3, -0.25) is 0 Å². The average molecular weight is 226 g/mol. The third kappa shape index (κ3) is 3.03. The fourth-order valence-corrected chi connectivity index (χ4v) is 1.63. The fourth-order valence-electron chi connectivity index (χ4n) is 1.63. The van der Waals surface area contributed by atoms with Gasteiger partial charge in [-0.15, -0.1) is 0 Å². The quantitative estimate of drug-likeness (QED) is 0.725. The molecule has 0 fully saturated rings. The highest BCUT2D eigenvalue weighted by atomic mass is 16.5. The van der Waals surface area contributed by atoms with Gasteiger partial charge in [0.2, 0.25) is 0 Å². The Hall–Kier alpha value is -1.42. The Morgan fingerprint density at radius 1 is 1.06 bits per heavy atom. The Morgan fingerprint density at radius 2 is 1.62 bits per heavy atom. The number of hydrogen-bond acceptors (Lipinski definition) is 4. The molecule has 0 aliphatic carbocycles. The van der Waals surface area contributed by atoms with Crippen molar-refractivity contribution in [2.45, 2.75) is 19.3 Å². The zero-order chi connectivity index (χ0) is 12.0. The van der Waals surface area contributed by atoms with Crippen molar-refractivity contribution in [2.75, 3.05) is 20.8 Å². The summed E-state index contributed by atoms with van der Waals surface area (Å²) >= 11 is 0. The molecule has 1 aromatic carbocycles. The minimum Gasteiger partial charge on any atom is -0.508 e. The van der Waals surface area contributed by atoms with E-state index in [9.17, 15) is 5.11 Å². The molecule has 16 heavy (non-hydrogen) atoms. The minimum absolute atomic E-state index is 0.125. The van der Waals surface area contributed by atoms with Crippen LogP contribution in [-0.4, -0.2) is 31.0 Å². The number of hydrogen-bond donors (Lipinski definition) is 2. The van der Waals surface area contributed by atoms with Gasteiger partial charge in [0.15, 0.2) is 0 Å². The SMILES string of the molecule is COc1cc(O)cc(OC)c1CCCCO. The molecule has 0 aromatic heterocycles. The van der Waals surface area contributed by atoms with Crippen LogP contribution in [0.2, 0.25) is 0 Å². The first kappa shape index (κ1) is 12.6. The molecule has 90 valence electrons. The minimum atomic E-state index is 0.125. The molecule has 0 atom stereocenters. The Balaban J connectivity index is 2.93. The van der Waals surface area contributed by atoms with Crippen molar-refractivity contribution in [1.82, 2.24) is 0 Å². The summed E-state index contributed by atoms with van der Waals surface area (Å²) in [6, 6.07) is 3.13. The van der Waals surface area contributed by atoms with E-state index in [1.807, 2.05) is 0 Å². The summed E-state index contributed by atoms with van der Waals surface area (Å²) in [7, 11) is 3.12. The van der Waals surface area contributed by atoms with Gasteiger partial charge in [0.1, 0.15) is 17.2 Å². The number of aliphatic hydroxyl groups excluding tert-OH is 1. The summed E-state index contributed by atoms with van der Waals surface area (Å²) in [5, 5.41) is 18.2. The van der Waals surface area contributed by atoms with Crippen LogP contribution in [0.1, 0.15) is 18.4 Å². The molecule has 2 N–H and O–H groups in total. The van der Waals surface area contributed by atoms with Crippen LogP contribution < -0.4 is 9.47 Å². The van der Waals surface area contributed by atoms with Crippen LogP contribution in [-0.2, 0) is 6.42 Å². The van der Waals surface area contributed by atoms with E-state index < -0.39 is 0 Å². The van der Waals surface area contributed by atoms with Crippen molar-refractivity contribution in [1.29, 1.82) is 0 Å². The molecular formula is C12H18O4. The topological polar surface area (TPSA) is 58.9 Å². The van der Waals surface area contributed by atoms with Gasteiger partial charge in [-0.25, -0.2) is 0 Å². The third-order valence-corrected chi connectivity index (χ3v) is 2.43. The molecule has 4 heteroatoms. The summed E-state index contributed by atoms with van der Waals surface area (Å²) in [5.74, 6) is 1.36. The van der Waals surface area contributed by atoms with Gasteiger partial charge < -0.3 is 19.7 Å². The Labute approximate surface area is 95.4 Å². The van der Waals surface area contributed by atoms with Crippen molar-refractivity contribution < 1.29 is 19.7 Å². The summed E-state index contributed by atoms with van der Waals surface area (Å²) in [6.45, 7) is 0.183. The molecule has 0 unspecified atom stereocenters. The van der Waals surface area contributed by atoms with Gasteiger partial charge in [0.05, 0.1) is 14.2 Å². The van der Waals surface area contributed by atoms with Crippen LogP contribution in [0.5, 0.6) is 17.2 Å². The highest BCUT2D eigenvalue weighted by Crippen LogP contribution is 2.34. The maximum absolute atomic E-state index is 9.45. The second-order valence-corrected chi connectivity index (χ2v) is 3.51. The first-order chi connectivity index (χ1) is 7.72. The van der Waals surface area contributed by atoms with E-state index in [1.165, 1.54) is 0 Å². The number of rotatable bonds is 6. The van der Waals surface area contributed by atoms with E-state index in [0.29, 0.717) is 11.5 Å². The third-order valence-electron chi connectivity index (χ3n) is 2.43. The monoisotopic (exact) mass is 226 g/mol. The molecule has 0 aliphatic rings. The van der Waals surface area contributed by atoms with E-state index in [1.54, 1.807) is 26.4 Å². The largest absolute Gasteiger partial charge is 0.508 e. The molecule has 0 radical (unpaired) electrons. The maximum atomic E-state index is 9.45. The van der Waals surface area contributed by atoms with Crippen molar-refractivity contribution in [3.8, 4) is 17.2 Å². The summed E-state index contributed by atoms with van der Waals surface area (Å²) in [4.78, 5) is 0. The van der Waals surface area contributed by atoms with Gasteiger partial charge in [-0.1, -0.05) is 0 Å². The second-order valence-electron chi connectivity index (χ2n) is 3.51. The smallest absolute Gasteiger partial charge is 0.129 e. The van der Waals surface area contributed by atoms with Crippen molar-refractivity contribution in [3.05, 3.63) is 17.7 Å². The zero-order valence-electron chi connectivity index (χ0n) is 9.69.